The van der Waals surface area contributed by atoms with Crippen molar-refractivity contribution < 1.29 is 14.3 Å². The summed E-state index contributed by atoms with van der Waals surface area (Å²) in [7, 11) is 0. The van der Waals surface area contributed by atoms with Crippen LogP contribution in [0.1, 0.15) is 17.4 Å². The minimum atomic E-state index is -0.604. The van der Waals surface area contributed by atoms with Gasteiger partial charge in [-0.3, -0.25) is 9.69 Å². The molecule has 4 aromatic rings. The number of para-hydroxylation sites is 1. The van der Waals surface area contributed by atoms with E-state index in [9.17, 15) is 9.59 Å². The molecule has 1 aromatic carbocycles. The predicted molar refractivity (Wildman–Crippen MR) is 113 cm³/mol. The smallest absolute Gasteiger partial charge is 0.358 e. The SMILES string of the molecule is CCN(C(=O)COC(=O)c1csc(-c2cccs2)n1)c1nc2ccccc2s1. The van der Waals surface area contributed by atoms with Gasteiger partial charge in [-0.15, -0.1) is 22.7 Å². The standard InChI is InChI=1S/C19H15N3O3S3/c1-2-22(19-21-12-6-3-4-7-14(12)28-19)16(23)10-25-18(24)13-11-27-17(20-13)15-8-5-9-26-15/h3-9,11H,2,10H2,1H3. The number of thiazole rings is 2. The summed E-state index contributed by atoms with van der Waals surface area (Å²) in [5, 5.41) is 4.96. The molecule has 0 aliphatic heterocycles. The maximum atomic E-state index is 12.6. The van der Waals surface area contributed by atoms with E-state index in [1.54, 1.807) is 16.7 Å². The Labute approximate surface area is 173 Å². The molecular formula is C19H15N3O3S3. The normalized spacial score (nSPS) is 10.9. The first-order valence-electron chi connectivity index (χ1n) is 8.48. The fraction of sp³-hybridized carbons (Fsp3) is 0.158. The molecule has 0 bridgehead atoms. The molecule has 6 nitrogen and oxygen atoms in total. The van der Waals surface area contributed by atoms with Crippen molar-refractivity contribution in [3.63, 3.8) is 0 Å². The lowest BCUT2D eigenvalue weighted by molar-refractivity contribution is -0.121. The van der Waals surface area contributed by atoms with Crippen LogP contribution in [0.4, 0.5) is 5.13 Å². The van der Waals surface area contributed by atoms with Crippen molar-refractivity contribution in [2.75, 3.05) is 18.1 Å². The molecule has 28 heavy (non-hydrogen) atoms. The monoisotopic (exact) mass is 429 g/mol. The van der Waals surface area contributed by atoms with Crippen LogP contribution < -0.4 is 4.90 Å². The van der Waals surface area contributed by atoms with Crippen molar-refractivity contribution in [3.05, 3.63) is 52.9 Å². The molecule has 0 spiro atoms. The van der Waals surface area contributed by atoms with Crippen molar-refractivity contribution in [3.8, 4) is 9.88 Å². The van der Waals surface area contributed by atoms with E-state index < -0.39 is 5.97 Å². The fourth-order valence-corrected chi connectivity index (χ4v) is 5.20. The number of anilines is 1. The zero-order valence-corrected chi connectivity index (χ0v) is 17.3. The van der Waals surface area contributed by atoms with Crippen LogP contribution >= 0.6 is 34.0 Å². The average molecular weight is 430 g/mol. The molecule has 0 fully saturated rings. The second kappa shape index (κ2) is 8.17. The number of hydrogen-bond acceptors (Lipinski definition) is 8. The Balaban J connectivity index is 1.41. The lowest BCUT2D eigenvalue weighted by Gasteiger charge is -2.17. The fourth-order valence-electron chi connectivity index (χ4n) is 2.55. The van der Waals surface area contributed by atoms with E-state index in [0.29, 0.717) is 11.7 Å². The predicted octanol–water partition coefficient (Wildman–Crippen LogP) is 4.69. The summed E-state index contributed by atoms with van der Waals surface area (Å²) < 4.78 is 6.20. The van der Waals surface area contributed by atoms with E-state index in [2.05, 4.69) is 9.97 Å². The van der Waals surface area contributed by atoms with Gasteiger partial charge in [0.15, 0.2) is 17.4 Å². The van der Waals surface area contributed by atoms with Gasteiger partial charge in [-0.25, -0.2) is 14.8 Å². The first kappa shape index (κ1) is 18.7. The van der Waals surface area contributed by atoms with Gasteiger partial charge in [0, 0.05) is 11.9 Å². The Morgan fingerprint density at radius 2 is 1.96 bits per heavy atom. The maximum Gasteiger partial charge on any atom is 0.358 e. The topological polar surface area (TPSA) is 72.4 Å². The average Bonchev–Trinajstić information content (AvgIpc) is 3.46. The van der Waals surface area contributed by atoms with Crippen molar-refractivity contribution >= 4 is 61.2 Å². The zero-order valence-electron chi connectivity index (χ0n) is 14.8. The van der Waals surface area contributed by atoms with E-state index in [0.717, 1.165) is 20.1 Å². The van der Waals surface area contributed by atoms with Gasteiger partial charge in [0.1, 0.15) is 5.01 Å². The van der Waals surface area contributed by atoms with Crippen LogP contribution in [0.5, 0.6) is 0 Å². The van der Waals surface area contributed by atoms with Gasteiger partial charge in [-0.1, -0.05) is 29.5 Å². The second-order valence-electron chi connectivity index (χ2n) is 5.69. The molecule has 9 heteroatoms. The molecule has 0 atom stereocenters. The first-order valence-corrected chi connectivity index (χ1v) is 11.1. The van der Waals surface area contributed by atoms with Crippen molar-refractivity contribution in [2.45, 2.75) is 6.92 Å². The highest BCUT2D eigenvalue weighted by Gasteiger charge is 2.21. The van der Waals surface area contributed by atoms with Crippen molar-refractivity contribution in [2.24, 2.45) is 0 Å². The summed E-state index contributed by atoms with van der Waals surface area (Å²) in [4.78, 5) is 36.2. The van der Waals surface area contributed by atoms with Crippen LogP contribution in [0.3, 0.4) is 0 Å². The summed E-state index contributed by atoms with van der Waals surface area (Å²) in [6.07, 6.45) is 0. The minimum Gasteiger partial charge on any atom is -0.451 e. The summed E-state index contributed by atoms with van der Waals surface area (Å²) in [6.45, 7) is 1.95. The lowest BCUT2D eigenvalue weighted by atomic mass is 10.3. The highest BCUT2D eigenvalue weighted by molar-refractivity contribution is 7.22. The molecular weight excluding hydrogens is 414 g/mol. The molecule has 142 valence electrons. The molecule has 0 saturated carbocycles. The van der Waals surface area contributed by atoms with Gasteiger partial charge in [0.2, 0.25) is 0 Å². The highest BCUT2D eigenvalue weighted by Crippen LogP contribution is 2.29. The molecule has 3 heterocycles. The Hall–Kier alpha value is -2.62. The Morgan fingerprint density at radius 3 is 2.71 bits per heavy atom. The highest BCUT2D eigenvalue weighted by atomic mass is 32.1. The van der Waals surface area contributed by atoms with Crippen LogP contribution in [-0.2, 0) is 9.53 Å². The Bertz CT molecular complexity index is 1080. The van der Waals surface area contributed by atoms with Gasteiger partial charge in [-0.05, 0) is 30.5 Å². The number of esters is 1. The van der Waals surface area contributed by atoms with E-state index in [1.807, 2.05) is 48.7 Å². The van der Waals surface area contributed by atoms with Crippen LogP contribution in [0.15, 0.2) is 47.2 Å². The number of fused-ring (bicyclic) bond motifs is 1. The maximum absolute atomic E-state index is 12.6. The summed E-state index contributed by atoms with van der Waals surface area (Å²) >= 11 is 4.36. The van der Waals surface area contributed by atoms with Gasteiger partial charge < -0.3 is 4.74 Å². The van der Waals surface area contributed by atoms with E-state index in [1.165, 1.54) is 27.6 Å². The molecule has 4 rings (SSSR count). The van der Waals surface area contributed by atoms with Crippen LogP contribution in [0, 0.1) is 0 Å². The number of amides is 1. The molecule has 0 N–H and O–H groups in total. The number of thiophene rings is 1. The van der Waals surface area contributed by atoms with Crippen LogP contribution in [0.25, 0.3) is 20.1 Å². The number of carbonyl (C=O) groups is 2. The third kappa shape index (κ3) is 3.82. The Kier molecular flexibility index (Phi) is 5.47. The number of aromatic nitrogens is 2. The van der Waals surface area contributed by atoms with Gasteiger partial charge in [-0.2, -0.15) is 0 Å². The zero-order chi connectivity index (χ0) is 19.5. The number of benzene rings is 1. The van der Waals surface area contributed by atoms with Gasteiger partial charge >= 0.3 is 5.97 Å². The number of likely N-dealkylation sites (N-methyl/N-ethyl adjacent to an activating group) is 1. The molecule has 0 aliphatic rings. The molecule has 1 amide bonds. The first-order chi connectivity index (χ1) is 13.7. The summed E-state index contributed by atoms with van der Waals surface area (Å²) in [6, 6.07) is 11.6. The van der Waals surface area contributed by atoms with Crippen LogP contribution in [0.2, 0.25) is 0 Å². The number of ether oxygens (including phenoxy) is 1. The quantitative estimate of drug-likeness (QED) is 0.416. The molecule has 0 unspecified atom stereocenters. The summed E-state index contributed by atoms with van der Waals surface area (Å²) in [5.74, 6) is -0.920. The number of nitrogens with zero attached hydrogens (tertiary/aromatic N) is 3. The van der Waals surface area contributed by atoms with Gasteiger partial charge in [0.25, 0.3) is 5.91 Å². The van der Waals surface area contributed by atoms with Crippen molar-refractivity contribution in [1.82, 2.24) is 9.97 Å². The lowest BCUT2D eigenvalue weighted by Crippen LogP contribution is -2.34. The summed E-state index contributed by atoms with van der Waals surface area (Å²) in [5.41, 5.74) is 1.05. The van der Waals surface area contributed by atoms with E-state index in [-0.39, 0.29) is 18.2 Å². The van der Waals surface area contributed by atoms with Crippen LogP contribution in [-0.4, -0.2) is 35.0 Å². The molecule has 3 aromatic heterocycles. The number of hydrogen-bond donors (Lipinski definition) is 0. The third-order valence-corrected chi connectivity index (χ3v) is 6.84. The molecule has 0 saturated heterocycles. The molecule has 0 radical (unpaired) electrons. The van der Waals surface area contributed by atoms with Crippen molar-refractivity contribution in [1.29, 1.82) is 0 Å². The largest absolute Gasteiger partial charge is 0.451 e. The second-order valence-corrected chi connectivity index (χ2v) is 8.51. The Morgan fingerprint density at radius 1 is 1.11 bits per heavy atom. The molecule has 0 aliphatic carbocycles. The van der Waals surface area contributed by atoms with E-state index in [4.69, 9.17) is 4.74 Å². The van der Waals surface area contributed by atoms with E-state index >= 15 is 0 Å². The van der Waals surface area contributed by atoms with Gasteiger partial charge in [0.05, 0.1) is 15.1 Å². The number of carbonyl (C=O) groups excluding carboxylic acids is 2. The minimum absolute atomic E-state index is 0.212. The number of rotatable bonds is 6. The third-order valence-electron chi connectivity index (χ3n) is 3.90.